The lowest BCUT2D eigenvalue weighted by molar-refractivity contribution is 0.0511. The summed E-state index contributed by atoms with van der Waals surface area (Å²) < 4.78 is 32.1. The van der Waals surface area contributed by atoms with Crippen molar-refractivity contribution in [2.24, 2.45) is 10.2 Å². The number of aromatic hydroxyl groups is 2. The number of morpholine rings is 3. The quantitative estimate of drug-likeness (QED) is 0.0419. The molecule has 0 amide bonds. The summed E-state index contributed by atoms with van der Waals surface area (Å²) in [5.74, 6) is 4.92. The lowest BCUT2D eigenvalue weighted by Crippen LogP contribution is -2.37. The van der Waals surface area contributed by atoms with Crippen molar-refractivity contribution in [2.75, 3.05) is 115 Å². The van der Waals surface area contributed by atoms with Crippen molar-refractivity contribution in [3.8, 4) is 51.4 Å². The van der Waals surface area contributed by atoms with Gasteiger partial charge in [-0.15, -0.1) is 0 Å². The molecule has 0 radical (unpaired) electrons. The average Bonchev–Trinajstić information content (AvgIpc) is 3.73. The van der Waals surface area contributed by atoms with Crippen LogP contribution in [-0.4, -0.2) is 155 Å². The molecule has 12 rings (SSSR count). The molecule has 0 spiro atoms. The summed E-state index contributed by atoms with van der Waals surface area (Å²) >= 11 is 0. The van der Waals surface area contributed by atoms with E-state index in [9.17, 15) is 10.2 Å². The second-order valence-corrected chi connectivity index (χ2v) is 18.9. The maximum atomic E-state index is 9.81. The molecule has 3 saturated heterocycles. The Bertz CT molecular complexity index is 3810. The first-order chi connectivity index (χ1) is 40.8. The van der Waals surface area contributed by atoms with E-state index in [1.54, 1.807) is 69.2 Å². The summed E-state index contributed by atoms with van der Waals surface area (Å²) in [4.78, 5) is 54.1. The Labute approximate surface area is 475 Å². The number of benzene rings is 3. The number of ether oxygens (including phenoxy) is 6. The van der Waals surface area contributed by atoms with Crippen molar-refractivity contribution in [3.05, 3.63) is 147 Å². The molecular weight excluding hydrogens is 1060 g/mol. The van der Waals surface area contributed by atoms with Gasteiger partial charge in [-0.05, 0) is 82.3 Å². The van der Waals surface area contributed by atoms with E-state index in [4.69, 9.17) is 59.4 Å². The Morgan fingerprint density at radius 3 is 1.27 bits per heavy atom. The first kappa shape index (κ1) is 56.6. The van der Waals surface area contributed by atoms with E-state index in [1.807, 2.05) is 54.6 Å². The van der Waals surface area contributed by atoms with Crippen LogP contribution in [0.2, 0.25) is 0 Å². The molecule has 26 heteroatoms. The number of phenolic OH excluding ortho intramolecular Hbond substituents is 2. The highest BCUT2D eigenvalue weighted by Gasteiger charge is 2.23. The smallest absolute Gasteiger partial charge is 0.188 e. The van der Waals surface area contributed by atoms with Gasteiger partial charge in [-0.25, -0.2) is 29.9 Å². The minimum atomic E-state index is 0.152. The van der Waals surface area contributed by atoms with Crippen LogP contribution >= 0.6 is 0 Å². The van der Waals surface area contributed by atoms with Gasteiger partial charge in [0, 0.05) is 98.6 Å². The van der Waals surface area contributed by atoms with Crippen LogP contribution in [0.15, 0.2) is 120 Å². The molecular formula is C57H58N18O8. The first-order valence-corrected chi connectivity index (χ1v) is 26.6. The second kappa shape index (κ2) is 27.7. The van der Waals surface area contributed by atoms with Crippen LogP contribution in [0.3, 0.4) is 0 Å². The highest BCUT2D eigenvalue weighted by atomic mass is 16.7. The molecule has 3 aliphatic heterocycles. The Hall–Kier alpha value is -9.65. The summed E-state index contributed by atoms with van der Waals surface area (Å²) in [5.41, 5.74) is 26.2. The zero-order valence-corrected chi connectivity index (χ0v) is 45.6. The Balaban J connectivity index is 0.000000139. The van der Waals surface area contributed by atoms with Crippen molar-refractivity contribution in [1.29, 1.82) is 0 Å². The number of methoxy groups -OCH3 is 2. The Kier molecular flexibility index (Phi) is 18.9. The van der Waals surface area contributed by atoms with E-state index in [2.05, 4.69) is 59.7 Å². The van der Waals surface area contributed by atoms with Crippen LogP contribution in [0.25, 0.3) is 88.1 Å². The maximum absolute atomic E-state index is 9.81. The second-order valence-electron chi connectivity index (χ2n) is 18.9. The number of hydrogen-bond donors (Lipinski definition) is 2. The predicted octanol–water partition coefficient (Wildman–Crippen LogP) is 8.75. The number of phenols is 2. The summed E-state index contributed by atoms with van der Waals surface area (Å²) in [7, 11) is 3.23. The molecule has 3 aliphatic rings. The SMILES string of the molecule is COCOc1cccc(-c2nc(N3CCOCC3)c3ncc(CN=[N+]=[N-])cc3n2)c1.COCc1cnc2c(N3CCOCC3)nc(-c3cccc(O)c3)nc2c1.[N-]=[N+]=NCc1cnc2c(N3CCOCC3)nc(-c3cccc(O)c3)nc2c1. The largest absolute Gasteiger partial charge is 0.508 e. The number of fused-ring (bicyclic) bond motifs is 3. The maximum Gasteiger partial charge on any atom is 0.188 e. The highest BCUT2D eigenvalue weighted by molar-refractivity contribution is 5.90. The molecule has 3 aromatic carbocycles. The molecule has 424 valence electrons. The van der Waals surface area contributed by atoms with Gasteiger partial charge in [-0.2, -0.15) is 0 Å². The number of nitrogens with zero attached hydrogens (tertiary/aromatic N) is 18. The van der Waals surface area contributed by atoms with Crippen molar-refractivity contribution < 1.29 is 38.6 Å². The van der Waals surface area contributed by atoms with Gasteiger partial charge in [-0.1, -0.05) is 46.6 Å². The summed E-state index contributed by atoms with van der Waals surface area (Å²) in [6.45, 7) is 9.30. The van der Waals surface area contributed by atoms with Gasteiger partial charge >= 0.3 is 0 Å². The predicted molar refractivity (Wildman–Crippen MR) is 310 cm³/mol. The van der Waals surface area contributed by atoms with E-state index in [0.717, 1.165) is 82.5 Å². The molecule has 26 nitrogen and oxygen atoms in total. The van der Waals surface area contributed by atoms with Crippen molar-refractivity contribution in [1.82, 2.24) is 44.9 Å². The molecule has 6 aromatic heterocycles. The fourth-order valence-electron chi connectivity index (χ4n) is 9.30. The van der Waals surface area contributed by atoms with Crippen LogP contribution in [0.5, 0.6) is 17.2 Å². The summed E-state index contributed by atoms with van der Waals surface area (Å²) in [6, 6.07) is 27.1. The van der Waals surface area contributed by atoms with Crippen LogP contribution in [-0.2, 0) is 43.4 Å². The molecule has 0 bridgehead atoms. The van der Waals surface area contributed by atoms with Gasteiger partial charge in [0.05, 0.1) is 75.9 Å². The number of rotatable bonds is 15. The third kappa shape index (κ3) is 14.3. The molecule has 0 unspecified atom stereocenters. The van der Waals surface area contributed by atoms with Gasteiger partial charge in [0.15, 0.2) is 41.7 Å². The van der Waals surface area contributed by atoms with Crippen LogP contribution in [0.1, 0.15) is 16.7 Å². The highest BCUT2D eigenvalue weighted by Crippen LogP contribution is 2.33. The standard InChI is InChI=1S/C20H21N7O3.C19H20N4O3.C18H17N7O2/c1-28-13-30-16-4-2-3-15(10-16)19-24-17-9-14(12-23-26-21)11-22-18(17)20(25-19)27-5-7-29-8-6-27;1-25-12-13-9-16-17(20-11-13)19(23-5-7-26-8-6-23)22-18(21-16)14-3-2-4-15(24)10-14;19-24-21-11-12-8-15-16(20-10-12)18(25-4-6-27-7-5-25)23-17(22-15)13-2-1-3-14(26)9-13/h2-4,9-11H,5-8,12-13H2,1H3;2-4,9-11,24H,5-8,12H2,1H3;1-3,8-10,26H,4-7,11H2. The molecule has 2 N–H and O–H groups in total. The number of pyridine rings is 3. The lowest BCUT2D eigenvalue weighted by Gasteiger charge is -2.28. The molecule has 9 heterocycles. The molecule has 0 saturated carbocycles. The minimum Gasteiger partial charge on any atom is -0.508 e. The molecule has 83 heavy (non-hydrogen) atoms. The minimum absolute atomic E-state index is 0.152. The molecule has 9 aromatic rings. The lowest BCUT2D eigenvalue weighted by atomic mass is 10.2. The van der Waals surface area contributed by atoms with E-state index in [-0.39, 0.29) is 31.4 Å². The Morgan fingerprint density at radius 2 is 0.880 bits per heavy atom. The van der Waals surface area contributed by atoms with Gasteiger partial charge in [-0.3, -0.25) is 15.0 Å². The third-order valence-electron chi connectivity index (χ3n) is 13.2. The molecule has 0 atom stereocenters. The topological polar surface area (TPSA) is 319 Å². The number of azide groups is 2. The fraction of sp³-hybridized carbons (Fsp3) is 0.316. The van der Waals surface area contributed by atoms with Gasteiger partial charge < -0.3 is 53.3 Å². The van der Waals surface area contributed by atoms with Crippen LogP contribution in [0, 0.1) is 0 Å². The fourth-order valence-corrected chi connectivity index (χ4v) is 9.30. The molecule has 0 aliphatic carbocycles. The monoisotopic (exact) mass is 1120 g/mol. The first-order valence-electron chi connectivity index (χ1n) is 26.6. The van der Waals surface area contributed by atoms with Crippen molar-refractivity contribution >= 4 is 50.6 Å². The van der Waals surface area contributed by atoms with E-state index in [1.165, 1.54) is 0 Å². The average molecular weight is 1120 g/mol. The van der Waals surface area contributed by atoms with Crippen molar-refractivity contribution in [2.45, 2.75) is 19.7 Å². The number of anilines is 3. The zero-order valence-electron chi connectivity index (χ0n) is 45.6. The van der Waals surface area contributed by atoms with E-state index in [0.29, 0.717) is 110 Å². The zero-order chi connectivity index (χ0) is 57.3. The summed E-state index contributed by atoms with van der Waals surface area (Å²) in [6.07, 6.45) is 5.18. The van der Waals surface area contributed by atoms with Gasteiger partial charge in [0.25, 0.3) is 0 Å². The van der Waals surface area contributed by atoms with Gasteiger partial charge in [0.2, 0.25) is 0 Å². The van der Waals surface area contributed by atoms with E-state index < -0.39 is 0 Å². The van der Waals surface area contributed by atoms with Gasteiger partial charge in [0.1, 0.15) is 33.8 Å². The number of hydrogen-bond acceptors (Lipinski definition) is 22. The van der Waals surface area contributed by atoms with Crippen LogP contribution in [0.4, 0.5) is 17.5 Å². The van der Waals surface area contributed by atoms with Crippen LogP contribution < -0.4 is 19.4 Å². The normalized spacial score (nSPS) is 14.2. The third-order valence-corrected chi connectivity index (χ3v) is 13.2. The summed E-state index contributed by atoms with van der Waals surface area (Å²) in [5, 5.41) is 26.8. The van der Waals surface area contributed by atoms with E-state index >= 15 is 0 Å². The molecule has 3 fully saturated rings. The van der Waals surface area contributed by atoms with Crippen molar-refractivity contribution in [3.63, 3.8) is 0 Å². The Morgan fingerprint density at radius 1 is 0.494 bits per heavy atom. The number of aromatic nitrogens is 9.